The molecule has 0 aliphatic carbocycles. The van der Waals surface area contributed by atoms with E-state index in [2.05, 4.69) is 0 Å². The molecule has 0 fully saturated rings. The lowest BCUT2D eigenvalue weighted by Gasteiger charge is -2.20. The van der Waals surface area contributed by atoms with E-state index in [-0.39, 0.29) is 11.9 Å². The lowest BCUT2D eigenvalue weighted by Crippen LogP contribution is -2.25. The molecule has 0 aliphatic heterocycles. The van der Waals surface area contributed by atoms with Crippen molar-refractivity contribution in [1.29, 1.82) is 0 Å². The summed E-state index contributed by atoms with van der Waals surface area (Å²) < 4.78 is 0. The molecular weight excluding hydrogens is 324 g/mol. The van der Waals surface area contributed by atoms with Crippen LogP contribution in [0, 0.1) is 0 Å². The molecule has 0 radical (unpaired) electrons. The molecule has 0 bridgehead atoms. The van der Waals surface area contributed by atoms with Crippen molar-refractivity contribution in [3.05, 3.63) is 0 Å². The van der Waals surface area contributed by atoms with E-state index in [9.17, 15) is 9.59 Å². The lowest BCUT2D eigenvalue weighted by atomic mass is 10.1. The van der Waals surface area contributed by atoms with Gasteiger partial charge in [0.05, 0.1) is 0 Å². The first kappa shape index (κ1) is 23.9. The first-order valence-corrected chi connectivity index (χ1v) is 9.39. The topological polar surface area (TPSA) is 71.1 Å². The van der Waals surface area contributed by atoms with Crippen molar-refractivity contribution in [2.45, 2.75) is 111 Å². The Labute approximate surface area is 152 Å². The average Bonchev–Trinajstić information content (AvgIpc) is 2.57. The minimum Gasteiger partial charge on any atom is -0.298 e. The van der Waals surface area contributed by atoms with Crippen LogP contribution in [0.2, 0.25) is 0 Å². The molecular formula is C19H36O6. The van der Waals surface area contributed by atoms with Crippen LogP contribution in [0.3, 0.4) is 0 Å². The number of hydrogen-bond donors (Lipinski definition) is 0. The molecule has 0 aromatic heterocycles. The summed E-state index contributed by atoms with van der Waals surface area (Å²) in [6.45, 7) is 11.4. The van der Waals surface area contributed by atoms with Crippen molar-refractivity contribution in [2.24, 2.45) is 0 Å². The van der Waals surface area contributed by atoms with E-state index in [1.54, 1.807) is 0 Å². The first-order chi connectivity index (χ1) is 11.6. The van der Waals surface area contributed by atoms with Crippen LogP contribution in [0.25, 0.3) is 0 Å². The fraction of sp³-hybridized carbons (Fsp3) is 0.895. The van der Waals surface area contributed by atoms with Gasteiger partial charge >= 0.3 is 11.9 Å². The summed E-state index contributed by atoms with van der Waals surface area (Å²) >= 11 is 0. The molecule has 0 unspecified atom stereocenters. The Morgan fingerprint density at radius 2 is 0.960 bits per heavy atom. The van der Waals surface area contributed by atoms with E-state index < -0.39 is 11.2 Å². The monoisotopic (exact) mass is 360 g/mol. The molecule has 0 aromatic carbocycles. The molecule has 0 aliphatic rings. The molecule has 0 aromatic rings. The van der Waals surface area contributed by atoms with Crippen LogP contribution >= 0.6 is 0 Å². The molecule has 25 heavy (non-hydrogen) atoms. The molecule has 0 heterocycles. The van der Waals surface area contributed by atoms with Gasteiger partial charge in [0.1, 0.15) is 11.2 Å². The normalized spacial score (nSPS) is 12.1. The molecule has 0 atom stereocenters. The predicted octanol–water partition coefficient (Wildman–Crippen LogP) is 5.04. The highest BCUT2D eigenvalue weighted by molar-refractivity contribution is 5.68. The van der Waals surface area contributed by atoms with Crippen LogP contribution in [0.1, 0.15) is 99.3 Å². The van der Waals surface area contributed by atoms with Crippen molar-refractivity contribution in [1.82, 2.24) is 0 Å². The summed E-state index contributed by atoms with van der Waals surface area (Å²) in [5.41, 5.74) is -0.888. The minimum absolute atomic E-state index is 0.333. The van der Waals surface area contributed by atoms with Gasteiger partial charge in [0, 0.05) is 12.8 Å². The highest BCUT2D eigenvalue weighted by Crippen LogP contribution is 2.16. The summed E-state index contributed by atoms with van der Waals surface area (Å²) in [4.78, 5) is 42.9. The Morgan fingerprint density at radius 3 is 1.28 bits per heavy atom. The van der Waals surface area contributed by atoms with Crippen LogP contribution in [-0.4, -0.2) is 23.1 Å². The molecule has 0 amide bonds. The van der Waals surface area contributed by atoms with E-state index in [0.29, 0.717) is 12.8 Å². The van der Waals surface area contributed by atoms with Crippen LogP contribution in [0.4, 0.5) is 0 Å². The standard InChI is InChI=1S/C19H36O6/c1-7-18(3,4)24-22-16(20)14-12-10-9-11-13-15-17(21)23-25-19(5,6)8-2/h7-15H2,1-6H3. The summed E-state index contributed by atoms with van der Waals surface area (Å²) in [7, 11) is 0. The summed E-state index contributed by atoms with van der Waals surface area (Å²) in [5.74, 6) is -0.665. The Bertz CT molecular complexity index is 353. The van der Waals surface area contributed by atoms with Gasteiger partial charge in [-0.1, -0.05) is 33.1 Å². The largest absolute Gasteiger partial charge is 0.342 e. The van der Waals surface area contributed by atoms with Gasteiger partial charge in [0.25, 0.3) is 0 Å². The van der Waals surface area contributed by atoms with E-state index in [1.807, 2.05) is 41.5 Å². The molecule has 6 nitrogen and oxygen atoms in total. The molecule has 0 spiro atoms. The average molecular weight is 360 g/mol. The Balaban J connectivity index is 3.55. The van der Waals surface area contributed by atoms with Crippen LogP contribution in [0.5, 0.6) is 0 Å². The molecule has 0 saturated carbocycles. The van der Waals surface area contributed by atoms with E-state index in [4.69, 9.17) is 19.6 Å². The summed E-state index contributed by atoms with van der Waals surface area (Å²) in [6.07, 6.45) is 6.54. The third-order valence-corrected chi connectivity index (χ3v) is 4.19. The molecule has 0 rings (SSSR count). The molecule has 0 N–H and O–H groups in total. The van der Waals surface area contributed by atoms with Crippen molar-refractivity contribution >= 4 is 11.9 Å². The zero-order valence-corrected chi connectivity index (χ0v) is 16.8. The number of carbonyl (C=O) groups is 2. The zero-order valence-electron chi connectivity index (χ0n) is 16.8. The smallest absolute Gasteiger partial charge is 0.298 e. The van der Waals surface area contributed by atoms with Crippen molar-refractivity contribution in [3.8, 4) is 0 Å². The summed E-state index contributed by atoms with van der Waals surface area (Å²) in [6, 6.07) is 0. The fourth-order valence-corrected chi connectivity index (χ4v) is 1.59. The number of rotatable bonds is 14. The van der Waals surface area contributed by atoms with Crippen LogP contribution in [0.15, 0.2) is 0 Å². The van der Waals surface area contributed by atoms with E-state index in [1.165, 1.54) is 0 Å². The maximum Gasteiger partial charge on any atom is 0.342 e. The Kier molecular flexibility index (Phi) is 11.7. The Hall–Kier alpha value is -1.14. The zero-order chi connectivity index (χ0) is 19.3. The van der Waals surface area contributed by atoms with Gasteiger partial charge < -0.3 is 0 Å². The van der Waals surface area contributed by atoms with E-state index >= 15 is 0 Å². The maximum absolute atomic E-state index is 11.5. The number of carbonyl (C=O) groups excluding carboxylic acids is 2. The van der Waals surface area contributed by atoms with E-state index in [0.717, 1.165) is 44.9 Å². The second-order valence-electron chi connectivity index (χ2n) is 7.57. The van der Waals surface area contributed by atoms with Crippen LogP contribution in [-0.2, 0) is 29.1 Å². The van der Waals surface area contributed by atoms with Crippen molar-refractivity contribution < 1.29 is 29.1 Å². The Morgan fingerprint density at radius 1 is 0.640 bits per heavy atom. The van der Waals surface area contributed by atoms with Gasteiger partial charge in [-0.3, -0.25) is 9.78 Å². The quantitative estimate of drug-likeness (QED) is 0.245. The van der Waals surface area contributed by atoms with Gasteiger partial charge in [-0.15, -0.1) is 0 Å². The second kappa shape index (κ2) is 12.3. The number of unbranched alkanes of at least 4 members (excludes halogenated alkanes) is 4. The molecule has 6 heteroatoms. The number of hydrogen-bond acceptors (Lipinski definition) is 6. The van der Waals surface area contributed by atoms with Gasteiger partial charge in [0.15, 0.2) is 0 Å². The maximum atomic E-state index is 11.5. The second-order valence-corrected chi connectivity index (χ2v) is 7.57. The third kappa shape index (κ3) is 13.8. The van der Waals surface area contributed by atoms with Crippen molar-refractivity contribution in [2.75, 3.05) is 0 Å². The fourth-order valence-electron chi connectivity index (χ4n) is 1.59. The highest BCUT2D eigenvalue weighted by Gasteiger charge is 2.20. The van der Waals surface area contributed by atoms with Gasteiger partial charge in [-0.2, -0.15) is 9.78 Å². The summed E-state index contributed by atoms with van der Waals surface area (Å²) in [5, 5.41) is 0. The van der Waals surface area contributed by atoms with Gasteiger partial charge in [-0.25, -0.2) is 9.59 Å². The van der Waals surface area contributed by atoms with Gasteiger partial charge in [-0.05, 0) is 53.4 Å². The third-order valence-electron chi connectivity index (χ3n) is 4.19. The lowest BCUT2D eigenvalue weighted by molar-refractivity contribution is -0.325. The highest BCUT2D eigenvalue weighted by atomic mass is 17.2. The predicted molar refractivity (Wildman–Crippen MR) is 95.4 cm³/mol. The van der Waals surface area contributed by atoms with Crippen molar-refractivity contribution in [3.63, 3.8) is 0 Å². The van der Waals surface area contributed by atoms with Crippen LogP contribution < -0.4 is 0 Å². The van der Waals surface area contributed by atoms with Gasteiger partial charge in [0.2, 0.25) is 0 Å². The first-order valence-electron chi connectivity index (χ1n) is 9.39. The SMILES string of the molecule is CCC(C)(C)OOC(=O)CCCCCCCC(=O)OOC(C)(C)CC. The molecule has 0 saturated heterocycles. The molecule has 148 valence electrons. The minimum atomic E-state index is -0.444.